The van der Waals surface area contributed by atoms with Crippen LogP contribution < -0.4 is 5.73 Å². The molecule has 0 aliphatic rings. The quantitative estimate of drug-likeness (QED) is 0.499. The highest BCUT2D eigenvalue weighted by molar-refractivity contribution is 5.47. The molecule has 0 aromatic heterocycles. The van der Waals surface area contributed by atoms with E-state index in [0.29, 0.717) is 30.2 Å². The second-order valence-corrected chi connectivity index (χ2v) is 4.97. The lowest BCUT2D eigenvalue weighted by Crippen LogP contribution is -2.20. The van der Waals surface area contributed by atoms with Gasteiger partial charge in [0, 0.05) is 18.7 Å². The number of hydrogen-bond acceptors (Lipinski definition) is 4. The maximum atomic E-state index is 9.90. The van der Waals surface area contributed by atoms with Crippen molar-refractivity contribution >= 4 is 5.69 Å². The molecule has 19 heavy (non-hydrogen) atoms. The number of rotatable bonds is 8. The lowest BCUT2D eigenvalue weighted by Gasteiger charge is -2.16. The fraction of sp³-hybridized carbons (Fsp3) is 0.600. The lowest BCUT2D eigenvalue weighted by atomic mass is 10.0. The third-order valence-electron chi connectivity index (χ3n) is 3.38. The number of aliphatic hydroxyl groups is 1. The van der Waals surface area contributed by atoms with Gasteiger partial charge in [-0.15, -0.1) is 0 Å². The van der Waals surface area contributed by atoms with Gasteiger partial charge in [-0.25, -0.2) is 0 Å². The molecule has 4 heteroatoms. The number of hydrogen-bond donors (Lipinski definition) is 3. The zero-order valence-electron chi connectivity index (χ0n) is 11.8. The zero-order valence-corrected chi connectivity index (χ0v) is 11.8. The maximum Gasteiger partial charge on any atom is 0.119 e. The van der Waals surface area contributed by atoms with Gasteiger partial charge in [0.25, 0.3) is 0 Å². The van der Waals surface area contributed by atoms with Crippen LogP contribution in [0, 0.1) is 5.92 Å². The van der Waals surface area contributed by atoms with E-state index in [9.17, 15) is 10.2 Å². The molecule has 0 amide bonds. The van der Waals surface area contributed by atoms with Gasteiger partial charge in [0.15, 0.2) is 0 Å². The van der Waals surface area contributed by atoms with Crippen molar-refractivity contribution in [1.29, 1.82) is 0 Å². The molecule has 1 unspecified atom stereocenters. The van der Waals surface area contributed by atoms with E-state index in [1.54, 1.807) is 18.2 Å². The zero-order chi connectivity index (χ0) is 14.3. The van der Waals surface area contributed by atoms with Gasteiger partial charge in [-0.2, -0.15) is 0 Å². The summed E-state index contributed by atoms with van der Waals surface area (Å²) in [6.45, 7) is 5.23. The number of benzene rings is 1. The molecule has 1 aromatic carbocycles. The Bertz CT molecular complexity index is 378. The molecule has 0 heterocycles. The van der Waals surface area contributed by atoms with Gasteiger partial charge in [0.1, 0.15) is 5.75 Å². The molecule has 4 N–H and O–H groups in total. The summed E-state index contributed by atoms with van der Waals surface area (Å²) in [5, 5.41) is 19.6. The highest BCUT2D eigenvalue weighted by atomic mass is 16.5. The minimum absolute atomic E-state index is 0.160. The van der Waals surface area contributed by atoms with E-state index in [-0.39, 0.29) is 12.4 Å². The molecular formula is C15H25NO3. The van der Waals surface area contributed by atoms with Gasteiger partial charge < -0.3 is 20.7 Å². The molecule has 1 rings (SSSR count). The first kappa shape index (κ1) is 15.8. The molecule has 1 aromatic rings. The minimum Gasteiger partial charge on any atom is -0.508 e. The molecule has 0 aliphatic carbocycles. The maximum absolute atomic E-state index is 9.90. The van der Waals surface area contributed by atoms with Crippen LogP contribution in [0.4, 0.5) is 5.69 Å². The van der Waals surface area contributed by atoms with Crippen molar-refractivity contribution in [2.24, 2.45) is 5.92 Å². The van der Waals surface area contributed by atoms with E-state index in [0.717, 1.165) is 12.8 Å². The summed E-state index contributed by atoms with van der Waals surface area (Å²) in [5.41, 5.74) is 6.89. The largest absolute Gasteiger partial charge is 0.508 e. The third-order valence-corrected chi connectivity index (χ3v) is 3.38. The van der Waals surface area contributed by atoms with Gasteiger partial charge >= 0.3 is 0 Å². The monoisotopic (exact) mass is 267 g/mol. The molecule has 0 aliphatic heterocycles. The van der Waals surface area contributed by atoms with E-state index in [1.165, 1.54) is 0 Å². The predicted molar refractivity (Wildman–Crippen MR) is 77.1 cm³/mol. The Morgan fingerprint density at radius 3 is 2.53 bits per heavy atom. The number of ether oxygens (including phenoxy) is 1. The van der Waals surface area contributed by atoms with Crippen LogP contribution in [0.3, 0.4) is 0 Å². The van der Waals surface area contributed by atoms with E-state index in [1.807, 2.05) is 0 Å². The molecular weight excluding hydrogens is 242 g/mol. The summed E-state index contributed by atoms with van der Waals surface area (Å²) >= 11 is 0. The molecule has 0 bridgehead atoms. The number of anilines is 1. The van der Waals surface area contributed by atoms with Crippen LogP contribution in [-0.4, -0.2) is 29.5 Å². The van der Waals surface area contributed by atoms with E-state index >= 15 is 0 Å². The van der Waals surface area contributed by atoms with Crippen LogP contribution in [0.15, 0.2) is 18.2 Å². The van der Waals surface area contributed by atoms with Crippen LogP contribution in [-0.2, 0) is 11.2 Å². The van der Waals surface area contributed by atoms with Gasteiger partial charge in [0.2, 0.25) is 0 Å². The van der Waals surface area contributed by atoms with Crippen molar-refractivity contribution in [3.8, 4) is 5.75 Å². The fourth-order valence-electron chi connectivity index (χ4n) is 1.98. The van der Waals surface area contributed by atoms with Crippen LogP contribution in [0.1, 0.15) is 32.3 Å². The normalized spacial score (nSPS) is 12.8. The first-order valence-corrected chi connectivity index (χ1v) is 6.89. The molecule has 1 atom stereocenters. The Kier molecular flexibility index (Phi) is 6.67. The molecule has 0 radical (unpaired) electrons. The number of phenols is 1. The van der Waals surface area contributed by atoms with Crippen molar-refractivity contribution in [2.45, 2.75) is 39.2 Å². The van der Waals surface area contributed by atoms with Crippen molar-refractivity contribution in [3.63, 3.8) is 0 Å². The number of nitrogen functional groups attached to an aromatic ring is 1. The van der Waals surface area contributed by atoms with Crippen LogP contribution >= 0.6 is 0 Å². The predicted octanol–water partition coefficient (Wildman–Crippen LogP) is 2.33. The Labute approximate surface area is 115 Å². The number of aliphatic hydroxyl groups excluding tert-OH is 1. The van der Waals surface area contributed by atoms with Crippen molar-refractivity contribution < 1.29 is 14.9 Å². The average Bonchev–Trinajstić information content (AvgIpc) is 2.39. The highest BCUT2D eigenvalue weighted by Gasteiger charge is 2.11. The van der Waals surface area contributed by atoms with Gasteiger partial charge in [-0.05, 0) is 29.7 Å². The Morgan fingerprint density at radius 2 is 1.89 bits per heavy atom. The molecule has 0 saturated heterocycles. The number of phenolic OH excluding ortho intramolecular Hbond substituents is 1. The summed E-state index contributed by atoms with van der Waals surface area (Å²) in [6.07, 6.45) is 1.90. The second-order valence-electron chi connectivity index (χ2n) is 4.97. The summed E-state index contributed by atoms with van der Waals surface area (Å²) in [6, 6.07) is 4.86. The molecule has 0 saturated carbocycles. The molecule has 108 valence electrons. The SMILES string of the molecule is CCC(CC)COCC(O)Cc1cc(N)ccc1O. The van der Waals surface area contributed by atoms with E-state index in [4.69, 9.17) is 10.5 Å². The molecule has 0 spiro atoms. The Balaban J connectivity index is 2.38. The van der Waals surface area contributed by atoms with Crippen LogP contribution in [0.2, 0.25) is 0 Å². The fourth-order valence-corrected chi connectivity index (χ4v) is 1.98. The topological polar surface area (TPSA) is 75.7 Å². The third kappa shape index (κ3) is 5.49. The van der Waals surface area contributed by atoms with Crippen molar-refractivity contribution in [2.75, 3.05) is 18.9 Å². The van der Waals surface area contributed by atoms with Crippen molar-refractivity contribution in [3.05, 3.63) is 23.8 Å². The average molecular weight is 267 g/mol. The van der Waals surface area contributed by atoms with Gasteiger partial charge in [-0.3, -0.25) is 0 Å². The van der Waals surface area contributed by atoms with E-state index in [2.05, 4.69) is 13.8 Å². The van der Waals surface area contributed by atoms with Crippen molar-refractivity contribution in [1.82, 2.24) is 0 Å². The standard InChI is InChI=1S/C15H25NO3/c1-3-11(4-2)9-19-10-14(17)8-12-7-13(16)5-6-15(12)18/h5-7,11,14,17-18H,3-4,8-10,16H2,1-2H3. The van der Waals surface area contributed by atoms with Gasteiger partial charge in [0.05, 0.1) is 12.7 Å². The highest BCUT2D eigenvalue weighted by Crippen LogP contribution is 2.21. The van der Waals surface area contributed by atoms with Crippen LogP contribution in [0.5, 0.6) is 5.75 Å². The van der Waals surface area contributed by atoms with E-state index < -0.39 is 6.10 Å². The minimum atomic E-state index is -0.623. The summed E-state index contributed by atoms with van der Waals surface area (Å²) in [5.74, 6) is 0.709. The van der Waals surface area contributed by atoms with Gasteiger partial charge in [-0.1, -0.05) is 26.7 Å². The molecule has 4 nitrogen and oxygen atoms in total. The number of nitrogens with two attached hydrogens (primary N) is 1. The summed E-state index contributed by atoms with van der Waals surface area (Å²) < 4.78 is 5.52. The Hall–Kier alpha value is -1.26. The Morgan fingerprint density at radius 1 is 1.21 bits per heavy atom. The first-order valence-electron chi connectivity index (χ1n) is 6.89. The number of aromatic hydroxyl groups is 1. The summed E-state index contributed by atoms with van der Waals surface area (Å²) in [7, 11) is 0. The summed E-state index contributed by atoms with van der Waals surface area (Å²) in [4.78, 5) is 0. The second kappa shape index (κ2) is 8.02. The smallest absolute Gasteiger partial charge is 0.119 e. The lowest BCUT2D eigenvalue weighted by molar-refractivity contribution is 0.0201. The van der Waals surface area contributed by atoms with Crippen LogP contribution in [0.25, 0.3) is 0 Å². The molecule has 0 fully saturated rings. The first-order chi connectivity index (χ1) is 9.06.